The van der Waals surface area contributed by atoms with E-state index in [2.05, 4.69) is 10.3 Å². The van der Waals surface area contributed by atoms with Gasteiger partial charge in [-0.05, 0) is 91.8 Å². The third-order valence-corrected chi connectivity index (χ3v) is 8.59. The number of amides is 4. The van der Waals surface area contributed by atoms with Gasteiger partial charge in [0.1, 0.15) is 23.2 Å². The number of β-lactam (4-membered cyclic amide) rings is 1. The highest BCUT2D eigenvalue weighted by molar-refractivity contribution is 6.09. The number of likely N-dealkylation sites (tertiary alicyclic amines) is 1. The predicted molar refractivity (Wildman–Crippen MR) is 188 cm³/mol. The van der Waals surface area contributed by atoms with Crippen LogP contribution in [-0.4, -0.2) is 59.0 Å². The Morgan fingerprint density at radius 1 is 0.980 bits per heavy atom. The number of benzene rings is 3. The predicted octanol–water partition coefficient (Wildman–Crippen LogP) is 6.41. The van der Waals surface area contributed by atoms with Crippen LogP contribution in [0.3, 0.4) is 0 Å². The summed E-state index contributed by atoms with van der Waals surface area (Å²) in [6, 6.07) is 23.8. The van der Waals surface area contributed by atoms with Crippen LogP contribution in [-0.2, 0) is 32.1 Å². The summed E-state index contributed by atoms with van der Waals surface area (Å²) >= 11 is 0. The van der Waals surface area contributed by atoms with Gasteiger partial charge in [-0.25, -0.2) is 9.78 Å². The van der Waals surface area contributed by atoms with E-state index in [1.165, 1.54) is 4.90 Å². The maximum absolute atomic E-state index is 13.7. The van der Waals surface area contributed by atoms with Gasteiger partial charge < -0.3 is 14.8 Å². The first kappa shape index (κ1) is 35.1. The van der Waals surface area contributed by atoms with Crippen LogP contribution < -0.4 is 15.0 Å². The lowest BCUT2D eigenvalue weighted by Crippen LogP contribution is -2.68. The first-order chi connectivity index (χ1) is 23.4. The molecule has 1 aromatic heterocycles. The van der Waals surface area contributed by atoms with Crippen molar-refractivity contribution in [1.82, 2.24) is 15.2 Å². The Bertz CT molecular complexity index is 1830. The Labute approximate surface area is 287 Å². The van der Waals surface area contributed by atoms with Gasteiger partial charge in [0, 0.05) is 19.2 Å². The van der Waals surface area contributed by atoms with Gasteiger partial charge in [0.15, 0.2) is 0 Å². The lowest BCUT2D eigenvalue weighted by molar-refractivity contribution is -0.171. The van der Waals surface area contributed by atoms with Crippen molar-refractivity contribution in [3.8, 4) is 5.75 Å². The number of nitrogens with zero attached hydrogens (tertiary/aromatic N) is 3. The maximum Gasteiger partial charge on any atom is 0.416 e. The van der Waals surface area contributed by atoms with Crippen molar-refractivity contribution in [2.45, 2.75) is 71.6 Å². The van der Waals surface area contributed by atoms with Crippen LogP contribution >= 0.6 is 0 Å². The zero-order valence-corrected chi connectivity index (χ0v) is 28.9. The largest absolute Gasteiger partial charge is 0.497 e. The lowest BCUT2D eigenvalue weighted by Gasteiger charge is -2.45. The van der Waals surface area contributed by atoms with Crippen LogP contribution in [0.25, 0.3) is 10.8 Å². The Hall–Kier alpha value is -5.25. The number of ether oxygens (including phenoxy) is 2. The molecule has 1 aliphatic rings. The first-order valence-corrected chi connectivity index (χ1v) is 16.6. The van der Waals surface area contributed by atoms with Gasteiger partial charge in [0.05, 0.1) is 19.6 Å². The van der Waals surface area contributed by atoms with Gasteiger partial charge in [-0.1, -0.05) is 61.5 Å². The summed E-state index contributed by atoms with van der Waals surface area (Å²) in [6.45, 7) is 9.67. The third-order valence-electron chi connectivity index (χ3n) is 8.59. The molecule has 0 radical (unpaired) electrons. The molecule has 10 nitrogen and oxygen atoms in total. The number of hydrogen-bond donors (Lipinski definition) is 1. The van der Waals surface area contributed by atoms with Gasteiger partial charge in [0.2, 0.25) is 17.7 Å². The van der Waals surface area contributed by atoms with E-state index in [4.69, 9.17) is 9.47 Å². The molecule has 1 saturated heterocycles. The summed E-state index contributed by atoms with van der Waals surface area (Å²) in [4.78, 5) is 61.1. The summed E-state index contributed by atoms with van der Waals surface area (Å²) in [5.74, 6) is -1.06. The van der Waals surface area contributed by atoms with Crippen molar-refractivity contribution in [3.05, 3.63) is 102 Å². The highest BCUT2D eigenvalue weighted by Crippen LogP contribution is 2.35. The average molecular weight is 665 g/mol. The van der Waals surface area contributed by atoms with E-state index in [0.717, 1.165) is 26.8 Å². The summed E-state index contributed by atoms with van der Waals surface area (Å²) in [5.41, 5.74) is 1.79. The quantitative estimate of drug-likeness (QED) is 0.184. The number of nitrogens with one attached hydrogen (secondary N) is 1. The Balaban J connectivity index is 1.36. The van der Waals surface area contributed by atoms with Crippen molar-refractivity contribution in [3.63, 3.8) is 0 Å². The highest BCUT2D eigenvalue weighted by atomic mass is 16.6. The first-order valence-electron chi connectivity index (χ1n) is 16.6. The van der Waals surface area contributed by atoms with Gasteiger partial charge in [-0.2, -0.15) is 0 Å². The van der Waals surface area contributed by atoms with Crippen LogP contribution in [0.15, 0.2) is 85.1 Å². The molecule has 2 heterocycles. The number of methoxy groups -OCH3 is 1. The van der Waals surface area contributed by atoms with Crippen LogP contribution in [0.1, 0.15) is 63.6 Å². The number of aromatic nitrogens is 1. The molecule has 0 spiro atoms. The maximum atomic E-state index is 13.7. The van der Waals surface area contributed by atoms with Gasteiger partial charge in [-0.3, -0.25) is 24.2 Å². The second-order valence-corrected chi connectivity index (χ2v) is 13.4. The average Bonchev–Trinajstić information content (AvgIpc) is 3.07. The van der Waals surface area contributed by atoms with Crippen molar-refractivity contribution in [2.75, 3.05) is 18.6 Å². The molecule has 4 aromatic rings. The van der Waals surface area contributed by atoms with Crippen LogP contribution in [0.5, 0.6) is 5.75 Å². The highest BCUT2D eigenvalue weighted by Gasteiger charge is 2.54. The van der Waals surface area contributed by atoms with E-state index >= 15 is 0 Å². The fraction of sp³-hybridized carbons (Fsp3) is 0.359. The molecular formula is C39H44N4O6. The molecule has 0 aliphatic carbocycles. The fourth-order valence-corrected chi connectivity index (χ4v) is 6.21. The minimum atomic E-state index is -0.947. The number of anilines is 1. The van der Waals surface area contributed by atoms with E-state index < -0.39 is 29.6 Å². The van der Waals surface area contributed by atoms with E-state index in [-0.39, 0.29) is 37.1 Å². The molecule has 3 atom stereocenters. The Morgan fingerprint density at radius 2 is 1.69 bits per heavy atom. The summed E-state index contributed by atoms with van der Waals surface area (Å²) in [6.07, 6.45) is 1.25. The molecule has 49 heavy (non-hydrogen) atoms. The lowest BCUT2D eigenvalue weighted by atomic mass is 9.80. The molecule has 0 saturated carbocycles. The molecule has 1 aliphatic heterocycles. The van der Waals surface area contributed by atoms with Crippen LogP contribution in [0, 0.1) is 5.92 Å². The minimum Gasteiger partial charge on any atom is -0.497 e. The molecule has 4 amide bonds. The van der Waals surface area contributed by atoms with E-state index in [9.17, 15) is 19.2 Å². The normalized spacial score (nSPS) is 16.4. The van der Waals surface area contributed by atoms with Crippen molar-refractivity contribution < 1.29 is 28.7 Å². The molecule has 0 unspecified atom stereocenters. The second-order valence-electron chi connectivity index (χ2n) is 13.4. The number of carbonyl (C=O) groups is 4. The summed E-state index contributed by atoms with van der Waals surface area (Å²) in [7, 11) is 1.59. The number of carbonyl (C=O) groups excluding carboxylic acids is 4. The van der Waals surface area contributed by atoms with Gasteiger partial charge >= 0.3 is 6.09 Å². The van der Waals surface area contributed by atoms with Gasteiger partial charge in [-0.15, -0.1) is 0 Å². The smallest absolute Gasteiger partial charge is 0.416 e. The van der Waals surface area contributed by atoms with Crippen molar-refractivity contribution in [2.24, 2.45) is 5.92 Å². The Morgan fingerprint density at radius 3 is 2.39 bits per heavy atom. The van der Waals surface area contributed by atoms with Crippen LogP contribution in [0.4, 0.5) is 10.6 Å². The molecule has 1 N–H and O–H groups in total. The molecule has 256 valence electrons. The van der Waals surface area contributed by atoms with Crippen molar-refractivity contribution >= 4 is 40.4 Å². The van der Waals surface area contributed by atoms with E-state index in [0.29, 0.717) is 23.7 Å². The molecule has 5 rings (SSSR count). The Kier molecular flexibility index (Phi) is 10.7. The molecule has 3 aromatic carbocycles. The number of likely N-dealkylation sites (N-methyl/N-ethyl adjacent to an activating group) is 1. The van der Waals surface area contributed by atoms with E-state index in [1.54, 1.807) is 53.1 Å². The third kappa shape index (κ3) is 8.08. The van der Waals surface area contributed by atoms with Gasteiger partial charge in [0.25, 0.3) is 0 Å². The number of pyridine rings is 1. The van der Waals surface area contributed by atoms with Crippen molar-refractivity contribution in [1.29, 1.82) is 0 Å². The summed E-state index contributed by atoms with van der Waals surface area (Å²) < 4.78 is 11.0. The molecule has 0 bridgehead atoms. The standard InChI is InChI=1S/C39H44N4O6/c1-7-40-36(45)35-32(37(46)43(35)34(44)21-25(2)30-14-10-12-28-11-8-9-13-31(28)30)22-27-19-20-41-33(23-27)42(38(47)49-39(3,4)5)24-26-15-17-29(48-6)18-16-26/h8-20,23,25,32,35H,7,21-22,24H2,1-6H3,(H,40,45)/t25-,32+,35-/m0/s1. The van der Waals surface area contributed by atoms with E-state index in [1.807, 2.05) is 73.7 Å². The number of fused-ring (bicyclic) bond motifs is 1. The topological polar surface area (TPSA) is 118 Å². The minimum absolute atomic E-state index is 0.0813. The zero-order valence-electron chi connectivity index (χ0n) is 28.9. The summed E-state index contributed by atoms with van der Waals surface area (Å²) in [5, 5.41) is 4.93. The monoisotopic (exact) mass is 664 g/mol. The number of hydrogen-bond acceptors (Lipinski definition) is 7. The molecule has 10 heteroatoms. The number of imide groups is 1. The van der Waals surface area contributed by atoms with Crippen LogP contribution in [0.2, 0.25) is 0 Å². The fourth-order valence-electron chi connectivity index (χ4n) is 6.21. The zero-order chi connectivity index (χ0) is 35.3. The molecule has 1 fully saturated rings. The SMILES string of the molecule is CCNC(=O)[C@@H]1[C@@H](Cc2ccnc(N(Cc3ccc(OC)cc3)C(=O)OC(C)(C)C)c2)C(=O)N1C(=O)C[C@H](C)c1cccc2ccccc12. The second kappa shape index (κ2) is 14.9. The molecular weight excluding hydrogens is 620 g/mol. The number of rotatable bonds is 11.